The van der Waals surface area contributed by atoms with Crippen molar-refractivity contribution >= 4 is 12.3 Å². The first-order valence-electron chi connectivity index (χ1n) is 1.74. The summed E-state index contributed by atoms with van der Waals surface area (Å²) in [5.74, 6) is 4.44. The molecule has 0 aliphatic rings. The summed E-state index contributed by atoms with van der Waals surface area (Å²) in [4.78, 5) is 23.0. The standard InChI is InChI=1S/C2H4N2O5/c3-4-9-2(7)8-1(5)6/h4H,3H2,(H,5,6). The van der Waals surface area contributed by atoms with Gasteiger partial charge in [0, 0.05) is 0 Å². The molecule has 0 aliphatic heterocycles. The molecule has 0 radical (unpaired) electrons. The second kappa shape index (κ2) is 3.64. The van der Waals surface area contributed by atoms with Crippen LogP contribution in [0.3, 0.4) is 0 Å². The highest BCUT2D eigenvalue weighted by Gasteiger charge is 2.07. The molecule has 9 heavy (non-hydrogen) atoms. The number of hydrazine groups is 1. The van der Waals surface area contributed by atoms with Crippen LogP contribution in [0.4, 0.5) is 9.59 Å². The highest BCUT2D eigenvalue weighted by molar-refractivity contribution is 5.75. The molecule has 0 heterocycles. The fourth-order valence-electron chi connectivity index (χ4n) is 0.140. The Morgan fingerprint density at radius 3 is 2.44 bits per heavy atom. The van der Waals surface area contributed by atoms with E-state index in [9.17, 15) is 9.59 Å². The zero-order valence-corrected chi connectivity index (χ0v) is 4.16. The van der Waals surface area contributed by atoms with Crippen LogP contribution in [0.15, 0.2) is 0 Å². The molecule has 0 fully saturated rings. The average Bonchev–Trinajstić information content (AvgIpc) is 1.63. The molecule has 0 aromatic heterocycles. The van der Waals surface area contributed by atoms with Gasteiger partial charge in [0.25, 0.3) is 0 Å². The Morgan fingerprint density at radius 1 is 1.56 bits per heavy atom. The number of carboxylic acid groups (broad SMARTS) is 1. The van der Waals surface area contributed by atoms with Crippen LogP contribution in [0.2, 0.25) is 0 Å². The van der Waals surface area contributed by atoms with Crippen LogP contribution < -0.4 is 11.4 Å². The molecule has 0 saturated carbocycles. The Bertz CT molecular complexity index is 122. The predicted molar refractivity (Wildman–Crippen MR) is 22.9 cm³/mol. The molecule has 0 aromatic carbocycles. The molecule has 0 amide bonds. The monoisotopic (exact) mass is 136 g/mol. The molecule has 0 aliphatic carbocycles. The SMILES string of the molecule is NNOC(=O)OC(=O)O. The van der Waals surface area contributed by atoms with Crippen LogP contribution in [0.25, 0.3) is 0 Å². The summed E-state index contributed by atoms with van der Waals surface area (Å²) in [6, 6.07) is 0. The van der Waals surface area contributed by atoms with E-state index in [1.54, 1.807) is 0 Å². The number of carbonyl (C=O) groups is 2. The van der Waals surface area contributed by atoms with Crippen molar-refractivity contribution in [1.29, 1.82) is 0 Å². The van der Waals surface area contributed by atoms with Gasteiger partial charge in [-0.15, -0.1) is 0 Å². The van der Waals surface area contributed by atoms with Gasteiger partial charge in [-0.2, -0.15) is 0 Å². The van der Waals surface area contributed by atoms with Crippen molar-refractivity contribution < 1.29 is 24.3 Å². The maximum absolute atomic E-state index is 9.89. The number of hydrogen-bond acceptors (Lipinski definition) is 6. The molecule has 0 atom stereocenters. The Hall–Kier alpha value is -1.34. The smallest absolute Gasteiger partial charge is 0.449 e. The summed E-state index contributed by atoms with van der Waals surface area (Å²) < 4.78 is 3.40. The number of nitrogens with two attached hydrogens (primary N) is 1. The van der Waals surface area contributed by atoms with Gasteiger partial charge in [0.1, 0.15) is 0 Å². The van der Waals surface area contributed by atoms with E-state index in [1.165, 1.54) is 5.59 Å². The van der Waals surface area contributed by atoms with E-state index in [-0.39, 0.29) is 0 Å². The van der Waals surface area contributed by atoms with E-state index in [2.05, 4.69) is 15.4 Å². The molecule has 0 saturated heterocycles. The second-order valence-corrected chi connectivity index (χ2v) is 0.838. The van der Waals surface area contributed by atoms with E-state index in [0.717, 1.165) is 0 Å². The van der Waals surface area contributed by atoms with Gasteiger partial charge in [-0.05, 0) is 0 Å². The van der Waals surface area contributed by atoms with Gasteiger partial charge >= 0.3 is 12.3 Å². The molecule has 0 rings (SSSR count). The number of hydrogen-bond donors (Lipinski definition) is 3. The first kappa shape index (κ1) is 7.66. The van der Waals surface area contributed by atoms with Crippen LogP contribution in [0.5, 0.6) is 0 Å². The Kier molecular flexibility index (Phi) is 3.09. The Morgan fingerprint density at radius 2 is 2.11 bits per heavy atom. The third-order valence-corrected chi connectivity index (χ3v) is 0.313. The lowest BCUT2D eigenvalue weighted by molar-refractivity contribution is 0.0220. The van der Waals surface area contributed by atoms with Crippen molar-refractivity contribution in [1.82, 2.24) is 5.59 Å². The first-order valence-corrected chi connectivity index (χ1v) is 1.74. The predicted octanol–water partition coefficient (Wildman–Crippen LogP) is -0.804. The molecule has 7 heteroatoms. The molecular formula is C2H4N2O5. The lowest BCUT2D eigenvalue weighted by Gasteiger charge is -1.95. The van der Waals surface area contributed by atoms with Gasteiger partial charge in [-0.25, -0.2) is 15.4 Å². The van der Waals surface area contributed by atoms with Crippen molar-refractivity contribution in [3.05, 3.63) is 0 Å². The van der Waals surface area contributed by atoms with Crippen LogP contribution in [0, 0.1) is 0 Å². The number of nitrogens with one attached hydrogen (secondary N) is 1. The van der Waals surface area contributed by atoms with Gasteiger partial charge in [0.15, 0.2) is 0 Å². The summed E-state index contributed by atoms with van der Waals surface area (Å²) in [5, 5.41) is 7.72. The van der Waals surface area contributed by atoms with Gasteiger partial charge in [-0.3, -0.25) is 0 Å². The van der Waals surface area contributed by atoms with Gasteiger partial charge in [0.2, 0.25) is 0 Å². The first-order chi connectivity index (χ1) is 4.16. The van der Waals surface area contributed by atoms with Crippen molar-refractivity contribution in [2.45, 2.75) is 0 Å². The third-order valence-electron chi connectivity index (χ3n) is 0.313. The Labute approximate surface area is 49.3 Å². The summed E-state index contributed by atoms with van der Waals surface area (Å²) in [6.45, 7) is 0. The second-order valence-electron chi connectivity index (χ2n) is 0.838. The van der Waals surface area contributed by atoms with Crippen molar-refractivity contribution in [2.24, 2.45) is 5.84 Å². The minimum atomic E-state index is -1.75. The number of rotatable bonds is 1. The largest absolute Gasteiger partial charge is 0.539 e. The average molecular weight is 136 g/mol. The van der Waals surface area contributed by atoms with Crippen molar-refractivity contribution in [2.75, 3.05) is 0 Å². The fraction of sp³-hybridized carbons (Fsp3) is 0. The van der Waals surface area contributed by atoms with E-state index >= 15 is 0 Å². The van der Waals surface area contributed by atoms with Crippen LogP contribution >= 0.6 is 0 Å². The molecule has 4 N–H and O–H groups in total. The quantitative estimate of drug-likeness (QED) is 0.187. The van der Waals surface area contributed by atoms with Crippen molar-refractivity contribution in [3.8, 4) is 0 Å². The van der Waals surface area contributed by atoms with Gasteiger partial charge < -0.3 is 14.7 Å². The van der Waals surface area contributed by atoms with E-state index in [4.69, 9.17) is 5.11 Å². The topological polar surface area (TPSA) is 111 Å². The molecule has 0 spiro atoms. The lowest BCUT2D eigenvalue weighted by atomic mass is 11.3. The lowest BCUT2D eigenvalue weighted by Crippen LogP contribution is -2.27. The Balaban J connectivity index is 3.39. The zero-order valence-electron chi connectivity index (χ0n) is 4.16. The maximum Gasteiger partial charge on any atom is 0.539 e. The molecule has 0 unspecified atom stereocenters. The van der Waals surface area contributed by atoms with Gasteiger partial charge in [-0.1, -0.05) is 5.59 Å². The van der Waals surface area contributed by atoms with E-state index in [1.807, 2.05) is 0 Å². The van der Waals surface area contributed by atoms with E-state index < -0.39 is 12.3 Å². The highest BCUT2D eigenvalue weighted by atomic mass is 16.8. The van der Waals surface area contributed by atoms with E-state index in [0.29, 0.717) is 0 Å². The summed E-state index contributed by atoms with van der Waals surface area (Å²) in [7, 11) is 0. The number of ether oxygens (including phenoxy) is 1. The fourth-order valence-corrected chi connectivity index (χ4v) is 0.140. The third kappa shape index (κ3) is 4.51. The zero-order chi connectivity index (χ0) is 7.28. The molecule has 52 valence electrons. The molecular weight excluding hydrogens is 132 g/mol. The number of carbonyl (C=O) groups excluding carboxylic acids is 1. The highest BCUT2D eigenvalue weighted by Crippen LogP contribution is 1.80. The van der Waals surface area contributed by atoms with Crippen LogP contribution in [-0.2, 0) is 9.57 Å². The van der Waals surface area contributed by atoms with Crippen LogP contribution in [-0.4, -0.2) is 17.4 Å². The molecule has 0 bridgehead atoms. The minimum absolute atomic E-state index is 1.43. The van der Waals surface area contributed by atoms with Crippen LogP contribution in [0.1, 0.15) is 0 Å². The normalized spacial score (nSPS) is 8.11. The molecule has 7 nitrogen and oxygen atoms in total. The summed E-state index contributed by atoms with van der Waals surface area (Å²) in [5.41, 5.74) is 1.43. The summed E-state index contributed by atoms with van der Waals surface area (Å²) >= 11 is 0. The van der Waals surface area contributed by atoms with Crippen molar-refractivity contribution in [3.63, 3.8) is 0 Å². The minimum Gasteiger partial charge on any atom is -0.449 e. The summed E-state index contributed by atoms with van der Waals surface area (Å²) in [6.07, 6.45) is -3.18. The molecule has 0 aromatic rings. The van der Waals surface area contributed by atoms with Gasteiger partial charge in [0.05, 0.1) is 0 Å². The maximum atomic E-state index is 9.89.